The molecule has 0 amide bonds. The minimum Gasteiger partial charge on any atom is -0.378 e. The molecular formula is C23H24N4O6S. The summed E-state index contributed by atoms with van der Waals surface area (Å²) in [6, 6.07) is 12.1. The summed E-state index contributed by atoms with van der Waals surface area (Å²) in [5.74, 6) is 0. The second kappa shape index (κ2) is 10.2. The number of ether oxygens (including phenoxy) is 1. The van der Waals surface area contributed by atoms with E-state index in [0.29, 0.717) is 18.9 Å². The first kappa shape index (κ1) is 23.6. The number of morpholine rings is 1. The fourth-order valence-corrected chi connectivity index (χ4v) is 4.43. The molecule has 0 aromatic heterocycles. The maximum absolute atomic E-state index is 11.2. The van der Waals surface area contributed by atoms with Crippen LogP contribution in [-0.4, -0.2) is 55.3 Å². The van der Waals surface area contributed by atoms with Crippen molar-refractivity contribution in [3.8, 4) is 0 Å². The molecule has 1 heterocycles. The lowest BCUT2D eigenvalue weighted by Crippen LogP contribution is -2.36. The molecule has 1 fully saturated rings. The predicted octanol–water partition coefficient (Wildman–Crippen LogP) is 3.70. The van der Waals surface area contributed by atoms with E-state index in [1.807, 2.05) is 0 Å². The van der Waals surface area contributed by atoms with Gasteiger partial charge in [0.25, 0.3) is 15.8 Å². The van der Waals surface area contributed by atoms with Crippen molar-refractivity contribution in [1.29, 1.82) is 0 Å². The highest BCUT2D eigenvalue weighted by Crippen LogP contribution is 2.35. The highest BCUT2D eigenvalue weighted by molar-refractivity contribution is 7.85. The maximum atomic E-state index is 11.2. The Kier molecular flexibility index (Phi) is 7.06. The number of nitro benzene ring substituents is 1. The number of nitrogens with one attached hydrogen (secondary N) is 1. The minimum atomic E-state index is -4.24. The summed E-state index contributed by atoms with van der Waals surface area (Å²) in [5.41, 5.74) is 7.69. The van der Waals surface area contributed by atoms with Crippen LogP contribution in [0.4, 0.5) is 11.4 Å². The van der Waals surface area contributed by atoms with Crippen molar-refractivity contribution >= 4 is 33.8 Å². The van der Waals surface area contributed by atoms with Gasteiger partial charge in [-0.2, -0.15) is 13.5 Å². The van der Waals surface area contributed by atoms with E-state index in [4.69, 9.17) is 9.29 Å². The Hall–Kier alpha value is -3.54. The topological polar surface area (TPSA) is 134 Å². The molecule has 2 aliphatic rings. The van der Waals surface area contributed by atoms with E-state index in [1.165, 1.54) is 36.4 Å². The Morgan fingerprint density at radius 1 is 1.06 bits per heavy atom. The van der Waals surface area contributed by atoms with Crippen LogP contribution in [0.3, 0.4) is 0 Å². The standard InChI is InChI=1S/C23H24N4O6S/c28-27(29)21-7-1-17(2-8-21)15-18-3-4-19(23(18)26-11-13-33-14-12-26)16-24-25-20-5-9-22(10-6-20)34(30,31)32/h1-2,5-10,15-16,25H,3-4,11-14H2,(H,30,31,32)/b18-15+,24-16-. The van der Waals surface area contributed by atoms with Gasteiger partial charge in [-0.25, -0.2) is 0 Å². The van der Waals surface area contributed by atoms with E-state index < -0.39 is 15.0 Å². The van der Waals surface area contributed by atoms with E-state index in [2.05, 4.69) is 21.5 Å². The van der Waals surface area contributed by atoms with Crippen molar-refractivity contribution in [2.24, 2.45) is 5.10 Å². The van der Waals surface area contributed by atoms with Crippen molar-refractivity contribution < 1.29 is 22.6 Å². The van der Waals surface area contributed by atoms with Crippen LogP contribution in [0.25, 0.3) is 6.08 Å². The third-order valence-electron chi connectivity index (χ3n) is 5.61. The average molecular weight is 485 g/mol. The van der Waals surface area contributed by atoms with Crippen molar-refractivity contribution in [3.63, 3.8) is 0 Å². The average Bonchev–Trinajstić information content (AvgIpc) is 3.22. The van der Waals surface area contributed by atoms with Crippen LogP contribution in [0.1, 0.15) is 18.4 Å². The molecule has 0 atom stereocenters. The summed E-state index contributed by atoms with van der Waals surface area (Å²) in [7, 11) is -4.24. The van der Waals surface area contributed by atoms with E-state index in [-0.39, 0.29) is 10.6 Å². The zero-order valence-corrected chi connectivity index (χ0v) is 19.1. The summed E-state index contributed by atoms with van der Waals surface area (Å²) in [4.78, 5) is 12.6. The molecule has 4 rings (SSSR count). The number of hydrazone groups is 1. The maximum Gasteiger partial charge on any atom is 0.294 e. The van der Waals surface area contributed by atoms with Crippen molar-refractivity contribution in [2.45, 2.75) is 17.7 Å². The van der Waals surface area contributed by atoms with Crippen LogP contribution >= 0.6 is 0 Å². The molecular weight excluding hydrogens is 460 g/mol. The van der Waals surface area contributed by atoms with Gasteiger partial charge in [-0.3, -0.25) is 20.1 Å². The molecule has 1 aliphatic carbocycles. The molecule has 34 heavy (non-hydrogen) atoms. The third kappa shape index (κ3) is 5.68. The third-order valence-corrected chi connectivity index (χ3v) is 6.48. The Bertz CT molecular complexity index is 1250. The molecule has 1 saturated heterocycles. The lowest BCUT2D eigenvalue weighted by atomic mass is 10.1. The Morgan fingerprint density at radius 3 is 2.35 bits per heavy atom. The summed E-state index contributed by atoms with van der Waals surface area (Å²) in [6.45, 7) is 2.79. The van der Waals surface area contributed by atoms with E-state index in [0.717, 1.165) is 48.3 Å². The lowest BCUT2D eigenvalue weighted by Gasteiger charge is -2.31. The molecule has 2 N–H and O–H groups in total. The Balaban J connectivity index is 1.57. The first-order valence-corrected chi connectivity index (χ1v) is 12.1. The Labute approximate surface area is 197 Å². The number of hydrogen-bond acceptors (Lipinski definition) is 8. The van der Waals surface area contributed by atoms with Gasteiger partial charge >= 0.3 is 0 Å². The summed E-state index contributed by atoms with van der Waals surface area (Å²) in [6.07, 6.45) is 5.42. The molecule has 10 nitrogen and oxygen atoms in total. The highest BCUT2D eigenvalue weighted by Gasteiger charge is 2.25. The molecule has 0 bridgehead atoms. The van der Waals surface area contributed by atoms with Crippen molar-refractivity contribution in [2.75, 3.05) is 31.7 Å². The number of nitro groups is 1. The first-order valence-electron chi connectivity index (χ1n) is 10.7. The van der Waals surface area contributed by atoms with E-state index in [1.54, 1.807) is 18.3 Å². The van der Waals surface area contributed by atoms with Crippen LogP contribution in [0.15, 0.2) is 75.4 Å². The second-order valence-electron chi connectivity index (χ2n) is 7.86. The molecule has 0 spiro atoms. The van der Waals surface area contributed by atoms with Crippen LogP contribution < -0.4 is 5.43 Å². The lowest BCUT2D eigenvalue weighted by molar-refractivity contribution is -0.384. The number of anilines is 1. The highest BCUT2D eigenvalue weighted by atomic mass is 32.2. The van der Waals surface area contributed by atoms with Gasteiger partial charge in [0.2, 0.25) is 0 Å². The zero-order chi connectivity index (χ0) is 24.1. The van der Waals surface area contributed by atoms with E-state index in [9.17, 15) is 18.5 Å². The quantitative estimate of drug-likeness (QED) is 0.263. The molecule has 0 unspecified atom stereocenters. The molecule has 11 heteroatoms. The van der Waals surface area contributed by atoms with Crippen LogP contribution in [-0.2, 0) is 14.9 Å². The van der Waals surface area contributed by atoms with Crippen LogP contribution in [0.2, 0.25) is 0 Å². The second-order valence-corrected chi connectivity index (χ2v) is 9.28. The van der Waals surface area contributed by atoms with Gasteiger partial charge in [0, 0.05) is 30.9 Å². The summed E-state index contributed by atoms with van der Waals surface area (Å²) in [5, 5.41) is 15.3. The monoisotopic (exact) mass is 484 g/mol. The fraction of sp³-hybridized carbons (Fsp3) is 0.261. The van der Waals surface area contributed by atoms with Gasteiger partial charge in [0.1, 0.15) is 0 Å². The van der Waals surface area contributed by atoms with Gasteiger partial charge in [-0.1, -0.05) is 0 Å². The van der Waals surface area contributed by atoms with Crippen LogP contribution in [0, 0.1) is 10.1 Å². The predicted molar refractivity (Wildman–Crippen MR) is 128 cm³/mol. The normalized spacial score (nSPS) is 18.1. The minimum absolute atomic E-state index is 0.0565. The van der Waals surface area contributed by atoms with E-state index >= 15 is 0 Å². The van der Waals surface area contributed by atoms with Crippen molar-refractivity contribution in [1.82, 2.24) is 4.90 Å². The molecule has 0 radical (unpaired) electrons. The van der Waals surface area contributed by atoms with Crippen molar-refractivity contribution in [3.05, 3.63) is 81.1 Å². The molecule has 178 valence electrons. The summed E-state index contributed by atoms with van der Waals surface area (Å²) < 4.78 is 36.9. The van der Waals surface area contributed by atoms with Gasteiger partial charge in [0.15, 0.2) is 0 Å². The zero-order valence-electron chi connectivity index (χ0n) is 18.3. The number of rotatable bonds is 7. The fourth-order valence-electron chi connectivity index (χ4n) is 3.95. The van der Waals surface area contributed by atoms with Gasteiger partial charge in [0.05, 0.1) is 34.9 Å². The number of allylic oxidation sites excluding steroid dienone is 2. The van der Waals surface area contributed by atoms with Gasteiger partial charge in [-0.05, 0) is 72.0 Å². The first-order chi connectivity index (χ1) is 16.3. The molecule has 2 aromatic carbocycles. The SMILES string of the molecule is O=[N+]([O-])c1ccc(/C=C2\CCC(/C=N\Nc3ccc(S(=O)(=O)O)cc3)=C2N2CCOCC2)cc1. The molecule has 1 aliphatic heterocycles. The largest absolute Gasteiger partial charge is 0.378 e. The Morgan fingerprint density at radius 2 is 1.74 bits per heavy atom. The number of benzene rings is 2. The van der Waals surface area contributed by atoms with Gasteiger partial charge < -0.3 is 9.64 Å². The molecule has 2 aromatic rings. The number of hydrogen-bond donors (Lipinski definition) is 2. The number of non-ortho nitro benzene ring substituents is 1. The smallest absolute Gasteiger partial charge is 0.294 e. The van der Waals surface area contributed by atoms with Gasteiger partial charge in [-0.15, -0.1) is 0 Å². The van der Waals surface area contributed by atoms with Crippen LogP contribution in [0.5, 0.6) is 0 Å². The molecule has 0 saturated carbocycles. The number of nitrogens with zero attached hydrogens (tertiary/aromatic N) is 3. The summed E-state index contributed by atoms with van der Waals surface area (Å²) >= 11 is 0.